The van der Waals surface area contributed by atoms with Crippen LogP contribution in [0.4, 0.5) is 14.9 Å². The predicted octanol–water partition coefficient (Wildman–Crippen LogP) is 3.74. The summed E-state index contributed by atoms with van der Waals surface area (Å²) < 4.78 is 45.7. The van der Waals surface area contributed by atoms with E-state index in [0.29, 0.717) is 5.56 Å². The van der Waals surface area contributed by atoms with Crippen LogP contribution in [-0.4, -0.2) is 60.8 Å². The molecule has 11 nitrogen and oxygen atoms in total. The van der Waals surface area contributed by atoms with Crippen molar-refractivity contribution in [2.24, 2.45) is 0 Å². The molecule has 2 aromatic carbocycles. The minimum atomic E-state index is -3.99. The van der Waals surface area contributed by atoms with Gasteiger partial charge in [-0.2, -0.15) is 0 Å². The number of ether oxygens (including phenoxy) is 1. The zero-order valence-electron chi connectivity index (χ0n) is 21.4. The summed E-state index contributed by atoms with van der Waals surface area (Å²) in [6.45, 7) is 4.84. The Balaban J connectivity index is 1.91. The molecule has 0 aliphatic carbocycles. The van der Waals surface area contributed by atoms with Crippen molar-refractivity contribution >= 4 is 27.7 Å². The number of sulfonamides is 1. The highest BCUT2D eigenvalue weighted by atomic mass is 32.2. The molecule has 2 amide bonds. The van der Waals surface area contributed by atoms with Crippen molar-refractivity contribution in [1.29, 1.82) is 0 Å². The average molecular weight is 549 g/mol. The number of carbonyl (C=O) groups excluding carboxylic acids is 2. The third kappa shape index (κ3) is 6.34. The molecule has 1 heterocycles. The molecule has 38 heavy (non-hydrogen) atoms. The number of rotatable bonds is 10. The zero-order valence-corrected chi connectivity index (χ0v) is 22.2. The Morgan fingerprint density at radius 1 is 1.24 bits per heavy atom. The molecule has 13 heteroatoms. The van der Waals surface area contributed by atoms with E-state index < -0.39 is 44.9 Å². The Bertz CT molecular complexity index is 1380. The second kappa shape index (κ2) is 11.7. The van der Waals surface area contributed by atoms with Gasteiger partial charge in [-0.3, -0.25) is 10.1 Å². The van der Waals surface area contributed by atoms with Gasteiger partial charge in [0.15, 0.2) is 0 Å². The van der Waals surface area contributed by atoms with Crippen LogP contribution in [0.25, 0.3) is 0 Å². The lowest BCUT2D eigenvalue weighted by Crippen LogP contribution is -2.49. The highest BCUT2D eigenvalue weighted by Gasteiger charge is 2.39. The van der Waals surface area contributed by atoms with Crippen LogP contribution in [0.15, 0.2) is 64.7 Å². The van der Waals surface area contributed by atoms with Crippen LogP contribution < -0.4 is 5.32 Å². The van der Waals surface area contributed by atoms with Crippen molar-refractivity contribution in [3.05, 3.63) is 81.3 Å². The van der Waals surface area contributed by atoms with E-state index in [9.17, 15) is 32.5 Å². The Morgan fingerprint density at radius 3 is 2.55 bits per heavy atom. The summed E-state index contributed by atoms with van der Waals surface area (Å²) in [6.07, 6.45) is -0.309. The minimum Gasteiger partial charge on any atom is -0.459 e. The molecule has 0 fully saturated rings. The molecular weight excluding hydrogens is 519 g/mol. The third-order valence-corrected chi connectivity index (χ3v) is 7.73. The summed E-state index contributed by atoms with van der Waals surface area (Å²) in [5.41, 5.74) is 0.465. The van der Waals surface area contributed by atoms with E-state index in [4.69, 9.17) is 4.74 Å². The van der Waals surface area contributed by atoms with Gasteiger partial charge >= 0.3 is 12.0 Å². The largest absolute Gasteiger partial charge is 0.459 e. The number of nitro benzene ring substituents is 1. The smallest absolute Gasteiger partial charge is 0.338 e. The molecule has 2 aromatic rings. The fraction of sp³-hybridized carbons (Fsp3) is 0.360. The minimum absolute atomic E-state index is 0.00601. The maximum absolute atomic E-state index is 13.6. The van der Waals surface area contributed by atoms with Crippen LogP contribution in [0.2, 0.25) is 0 Å². The quantitative estimate of drug-likeness (QED) is 0.271. The van der Waals surface area contributed by atoms with E-state index in [2.05, 4.69) is 5.32 Å². The highest BCUT2D eigenvalue weighted by molar-refractivity contribution is 7.89. The molecule has 1 aliphatic heterocycles. The molecule has 3 rings (SSSR count). The number of nitrogens with one attached hydrogen (secondary N) is 1. The summed E-state index contributed by atoms with van der Waals surface area (Å²) in [7, 11) is -2.65. The fourth-order valence-electron chi connectivity index (χ4n) is 4.10. The number of urea groups is 1. The van der Waals surface area contributed by atoms with Crippen LogP contribution in [0.3, 0.4) is 0 Å². The molecule has 204 valence electrons. The Kier molecular flexibility index (Phi) is 8.84. The van der Waals surface area contributed by atoms with Crippen molar-refractivity contribution in [1.82, 2.24) is 14.5 Å². The van der Waals surface area contributed by atoms with Crippen molar-refractivity contribution in [3.63, 3.8) is 0 Å². The third-order valence-electron chi connectivity index (χ3n) is 5.88. The van der Waals surface area contributed by atoms with Crippen LogP contribution in [0.1, 0.15) is 38.8 Å². The Hall–Kier alpha value is -3.84. The molecule has 1 aliphatic rings. The Morgan fingerprint density at radius 2 is 1.92 bits per heavy atom. The van der Waals surface area contributed by atoms with Crippen LogP contribution in [0, 0.1) is 15.9 Å². The molecule has 1 unspecified atom stereocenters. The number of hydrogen-bond acceptors (Lipinski definition) is 7. The van der Waals surface area contributed by atoms with E-state index in [1.165, 1.54) is 49.2 Å². The molecular formula is C25H29FN4O7S. The number of allylic oxidation sites excluding steroid dienone is 1. The standard InChI is InChI=1S/C25H29FN4O7S/c1-16(2)37-24(31)22-17(3)27-25(32)29(23(22)18-8-5-10-20(14-18)30(33)34)13-7-12-28(4)38(35,36)21-11-6-9-19(26)15-21/h5-6,8-11,14-16,23H,7,12-13H2,1-4H3,(H,27,32). The second-order valence-electron chi connectivity index (χ2n) is 9.01. The van der Waals surface area contributed by atoms with Gasteiger partial charge in [0.25, 0.3) is 5.69 Å². The first-order valence-corrected chi connectivity index (χ1v) is 13.2. The SMILES string of the molecule is CC1=C(C(=O)OC(C)C)C(c2cccc([N+](=O)[O-])c2)N(CCCN(C)S(=O)(=O)c2cccc(F)c2)C(=O)N1. The van der Waals surface area contributed by atoms with Crippen molar-refractivity contribution in [2.45, 2.75) is 44.2 Å². The first-order valence-electron chi connectivity index (χ1n) is 11.8. The number of nitrogens with zero attached hydrogens (tertiary/aromatic N) is 3. The molecule has 0 aromatic heterocycles. The monoisotopic (exact) mass is 548 g/mol. The van der Waals surface area contributed by atoms with Crippen LogP contribution >= 0.6 is 0 Å². The fourth-order valence-corrected chi connectivity index (χ4v) is 5.34. The summed E-state index contributed by atoms with van der Waals surface area (Å²) >= 11 is 0. The Labute approximate surface area is 220 Å². The van der Waals surface area contributed by atoms with Crippen molar-refractivity contribution < 1.29 is 32.1 Å². The molecule has 0 spiro atoms. The van der Waals surface area contributed by atoms with E-state index >= 15 is 0 Å². The maximum atomic E-state index is 13.6. The maximum Gasteiger partial charge on any atom is 0.338 e. The van der Waals surface area contributed by atoms with E-state index in [0.717, 1.165) is 16.4 Å². The van der Waals surface area contributed by atoms with Gasteiger partial charge in [-0.1, -0.05) is 18.2 Å². The molecule has 0 saturated heterocycles. The lowest BCUT2D eigenvalue weighted by Gasteiger charge is -2.38. The first kappa shape index (κ1) is 28.7. The summed E-state index contributed by atoms with van der Waals surface area (Å²) in [5.74, 6) is -1.38. The van der Waals surface area contributed by atoms with Gasteiger partial charge in [0, 0.05) is 38.0 Å². The van der Waals surface area contributed by atoms with Crippen molar-refractivity contribution in [3.8, 4) is 0 Å². The highest BCUT2D eigenvalue weighted by Crippen LogP contribution is 2.36. The number of hydrogen-bond donors (Lipinski definition) is 1. The lowest BCUT2D eigenvalue weighted by atomic mass is 9.93. The number of benzene rings is 2. The summed E-state index contributed by atoms with van der Waals surface area (Å²) in [6, 6.07) is 8.67. The van der Waals surface area contributed by atoms with E-state index in [-0.39, 0.29) is 41.4 Å². The van der Waals surface area contributed by atoms with Gasteiger partial charge in [-0.05, 0) is 51.0 Å². The van der Waals surface area contributed by atoms with Crippen LogP contribution in [-0.2, 0) is 19.6 Å². The number of non-ortho nitro benzene ring substituents is 1. The number of nitro groups is 1. The molecule has 1 atom stereocenters. The molecule has 0 saturated carbocycles. The van der Waals surface area contributed by atoms with E-state index in [1.807, 2.05) is 0 Å². The second-order valence-corrected chi connectivity index (χ2v) is 11.1. The number of amides is 2. The van der Waals surface area contributed by atoms with Crippen molar-refractivity contribution in [2.75, 3.05) is 20.1 Å². The average Bonchev–Trinajstić information content (AvgIpc) is 2.84. The summed E-state index contributed by atoms with van der Waals surface area (Å²) in [4.78, 5) is 38.0. The molecule has 1 N–H and O–H groups in total. The van der Waals surface area contributed by atoms with Gasteiger partial charge in [-0.15, -0.1) is 0 Å². The topological polar surface area (TPSA) is 139 Å². The van der Waals surface area contributed by atoms with Crippen LogP contribution in [0.5, 0.6) is 0 Å². The number of halogens is 1. The molecule has 0 radical (unpaired) electrons. The predicted molar refractivity (Wildman–Crippen MR) is 136 cm³/mol. The molecule has 0 bridgehead atoms. The normalized spacial score (nSPS) is 16.1. The number of carbonyl (C=O) groups is 2. The lowest BCUT2D eigenvalue weighted by molar-refractivity contribution is -0.384. The zero-order chi connectivity index (χ0) is 28.2. The number of esters is 1. The summed E-state index contributed by atoms with van der Waals surface area (Å²) in [5, 5.41) is 14.0. The van der Waals surface area contributed by atoms with Gasteiger partial charge in [0.1, 0.15) is 5.82 Å². The van der Waals surface area contributed by atoms with Gasteiger partial charge < -0.3 is 15.0 Å². The van der Waals surface area contributed by atoms with Gasteiger partial charge in [-0.25, -0.2) is 26.7 Å². The van der Waals surface area contributed by atoms with Gasteiger partial charge in [0.2, 0.25) is 10.0 Å². The first-order chi connectivity index (χ1) is 17.8. The van der Waals surface area contributed by atoms with Gasteiger partial charge in [0.05, 0.1) is 27.5 Å². The van der Waals surface area contributed by atoms with E-state index in [1.54, 1.807) is 19.9 Å².